The number of ether oxygens (including phenoxy) is 2. The van der Waals surface area contributed by atoms with Gasteiger partial charge in [-0.3, -0.25) is 4.98 Å². The van der Waals surface area contributed by atoms with Crippen LogP contribution in [0.25, 0.3) is 0 Å². The molecule has 0 unspecified atom stereocenters. The van der Waals surface area contributed by atoms with E-state index in [0.717, 1.165) is 24.0 Å². The molecular weight excluding hydrogens is 316 g/mol. The van der Waals surface area contributed by atoms with E-state index in [4.69, 9.17) is 9.47 Å². The SMILES string of the molecule is CCC(O)(CC)CNCc1ccc(OCc2ccncc2)c(OC)c1. The number of rotatable bonds is 10. The van der Waals surface area contributed by atoms with Crippen molar-refractivity contribution in [1.29, 1.82) is 0 Å². The van der Waals surface area contributed by atoms with Crippen LogP contribution in [-0.4, -0.2) is 29.3 Å². The minimum absolute atomic E-state index is 0.469. The van der Waals surface area contributed by atoms with Crippen molar-refractivity contribution in [3.8, 4) is 11.5 Å². The molecule has 0 spiro atoms. The van der Waals surface area contributed by atoms with Gasteiger partial charge in [0.15, 0.2) is 11.5 Å². The van der Waals surface area contributed by atoms with E-state index in [-0.39, 0.29) is 0 Å². The Labute approximate surface area is 150 Å². The van der Waals surface area contributed by atoms with E-state index < -0.39 is 5.60 Å². The fourth-order valence-electron chi connectivity index (χ4n) is 2.52. The first kappa shape index (κ1) is 19.2. The molecule has 1 aromatic heterocycles. The summed E-state index contributed by atoms with van der Waals surface area (Å²) in [7, 11) is 1.64. The van der Waals surface area contributed by atoms with E-state index in [0.29, 0.717) is 31.2 Å². The average Bonchev–Trinajstić information content (AvgIpc) is 2.67. The Hall–Kier alpha value is -2.11. The third kappa shape index (κ3) is 5.73. The maximum absolute atomic E-state index is 10.3. The molecule has 0 saturated heterocycles. The molecule has 136 valence electrons. The van der Waals surface area contributed by atoms with Crippen LogP contribution in [-0.2, 0) is 13.2 Å². The van der Waals surface area contributed by atoms with E-state index >= 15 is 0 Å². The molecule has 0 fully saturated rings. The maximum Gasteiger partial charge on any atom is 0.161 e. The van der Waals surface area contributed by atoms with Gasteiger partial charge in [-0.15, -0.1) is 0 Å². The van der Waals surface area contributed by atoms with Gasteiger partial charge < -0.3 is 19.9 Å². The van der Waals surface area contributed by atoms with Crippen LogP contribution in [0.4, 0.5) is 0 Å². The number of aliphatic hydroxyl groups is 1. The highest BCUT2D eigenvalue weighted by atomic mass is 16.5. The topological polar surface area (TPSA) is 63.6 Å². The number of benzene rings is 1. The van der Waals surface area contributed by atoms with E-state index in [1.807, 2.05) is 44.2 Å². The second-order valence-electron chi connectivity index (χ2n) is 6.16. The van der Waals surface area contributed by atoms with E-state index in [2.05, 4.69) is 10.3 Å². The summed E-state index contributed by atoms with van der Waals surface area (Å²) in [6, 6.07) is 9.74. The van der Waals surface area contributed by atoms with E-state index in [1.54, 1.807) is 19.5 Å². The predicted octanol–water partition coefficient (Wildman–Crippen LogP) is 3.31. The van der Waals surface area contributed by atoms with Gasteiger partial charge in [0.05, 0.1) is 12.7 Å². The Bertz CT molecular complexity index is 643. The van der Waals surface area contributed by atoms with Crippen molar-refractivity contribution in [2.45, 2.75) is 45.4 Å². The van der Waals surface area contributed by atoms with Crippen molar-refractivity contribution in [3.05, 3.63) is 53.9 Å². The summed E-state index contributed by atoms with van der Waals surface area (Å²) in [5.74, 6) is 1.41. The van der Waals surface area contributed by atoms with Gasteiger partial charge in [-0.25, -0.2) is 0 Å². The van der Waals surface area contributed by atoms with E-state index in [1.165, 1.54) is 0 Å². The minimum Gasteiger partial charge on any atom is -0.493 e. The molecule has 0 aliphatic rings. The molecule has 0 bridgehead atoms. The van der Waals surface area contributed by atoms with Crippen LogP contribution in [0, 0.1) is 0 Å². The number of pyridine rings is 1. The number of nitrogens with zero attached hydrogens (tertiary/aromatic N) is 1. The average molecular weight is 344 g/mol. The number of hydrogen-bond donors (Lipinski definition) is 2. The first-order valence-corrected chi connectivity index (χ1v) is 8.72. The molecule has 5 nitrogen and oxygen atoms in total. The smallest absolute Gasteiger partial charge is 0.161 e. The predicted molar refractivity (Wildman–Crippen MR) is 98.8 cm³/mol. The molecule has 2 N–H and O–H groups in total. The largest absolute Gasteiger partial charge is 0.493 e. The summed E-state index contributed by atoms with van der Waals surface area (Å²) < 4.78 is 11.3. The number of methoxy groups -OCH3 is 1. The fourth-order valence-corrected chi connectivity index (χ4v) is 2.52. The first-order chi connectivity index (χ1) is 12.1. The van der Waals surface area contributed by atoms with Gasteiger partial charge in [0.25, 0.3) is 0 Å². The van der Waals surface area contributed by atoms with Gasteiger partial charge in [0.1, 0.15) is 6.61 Å². The first-order valence-electron chi connectivity index (χ1n) is 8.72. The fraction of sp³-hybridized carbons (Fsp3) is 0.450. The summed E-state index contributed by atoms with van der Waals surface area (Å²) in [4.78, 5) is 4.00. The zero-order valence-electron chi connectivity index (χ0n) is 15.3. The van der Waals surface area contributed by atoms with Crippen molar-refractivity contribution < 1.29 is 14.6 Å². The second kappa shape index (κ2) is 9.39. The van der Waals surface area contributed by atoms with Crippen molar-refractivity contribution in [2.24, 2.45) is 0 Å². The lowest BCUT2D eigenvalue weighted by molar-refractivity contribution is 0.0323. The van der Waals surface area contributed by atoms with Crippen LogP contribution in [0.5, 0.6) is 11.5 Å². The van der Waals surface area contributed by atoms with Crippen molar-refractivity contribution in [3.63, 3.8) is 0 Å². The highest BCUT2D eigenvalue weighted by Gasteiger charge is 2.21. The van der Waals surface area contributed by atoms with Gasteiger partial charge in [-0.2, -0.15) is 0 Å². The molecule has 0 saturated carbocycles. The van der Waals surface area contributed by atoms with E-state index in [9.17, 15) is 5.11 Å². The monoisotopic (exact) mass is 344 g/mol. The van der Waals surface area contributed by atoms with Crippen LogP contribution in [0.1, 0.15) is 37.8 Å². The molecule has 0 aliphatic carbocycles. The molecule has 2 rings (SSSR count). The maximum atomic E-state index is 10.3. The summed E-state index contributed by atoms with van der Waals surface area (Å²) in [6.45, 7) is 5.72. The lowest BCUT2D eigenvalue weighted by Crippen LogP contribution is -2.39. The molecule has 0 aliphatic heterocycles. The molecule has 0 amide bonds. The van der Waals surface area contributed by atoms with Gasteiger partial charge >= 0.3 is 0 Å². The Balaban J connectivity index is 1.94. The number of aromatic nitrogens is 1. The lowest BCUT2D eigenvalue weighted by Gasteiger charge is -2.25. The summed E-state index contributed by atoms with van der Waals surface area (Å²) in [5.41, 5.74) is 1.50. The van der Waals surface area contributed by atoms with Crippen LogP contribution in [0.2, 0.25) is 0 Å². The quantitative estimate of drug-likeness (QED) is 0.692. The molecule has 1 heterocycles. The standard InChI is InChI=1S/C20H28N2O3/c1-4-20(23,5-2)15-22-13-17-6-7-18(19(12-17)24-3)25-14-16-8-10-21-11-9-16/h6-12,22-23H,4-5,13-15H2,1-3H3. The molecular formula is C20H28N2O3. The highest BCUT2D eigenvalue weighted by Crippen LogP contribution is 2.29. The molecule has 0 radical (unpaired) electrons. The highest BCUT2D eigenvalue weighted by molar-refractivity contribution is 5.43. The van der Waals surface area contributed by atoms with Gasteiger partial charge in [0.2, 0.25) is 0 Å². The van der Waals surface area contributed by atoms with Crippen LogP contribution >= 0.6 is 0 Å². The van der Waals surface area contributed by atoms with Crippen LogP contribution < -0.4 is 14.8 Å². The minimum atomic E-state index is -0.641. The second-order valence-corrected chi connectivity index (χ2v) is 6.16. The van der Waals surface area contributed by atoms with Crippen LogP contribution in [0.15, 0.2) is 42.7 Å². The molecule has 5 heteroatoms. The van der Waals surface area contributed by atoms with Crippen LogP contribution in [0.3, 0.4) is 0 Å². The van der Waals surface area contributed by atoms with Crippen molar-refractivity contribution >= 4 is 0 Å². The Kier molecular flexibility index (Phi) is 7.22. The molecule has 0 atom stereocenters. The molecule has 1 aromatic carbocycles. The molecule has 25 heavy (non-hydrogen) atoms. The zero-order valence-corrected chi connectivity index (χ0v) is 15.3. The van der Waals surface area contributed by atoms with Gasteiger partial charge in [-0.05, 0) is 48.2 Å². The summed E-state index contributed by atoms with van der Waals surface area (Å²) in [6.07, 6.45) is 4.97. The Morgan fingerprint density at radius 3 is 2.40 bits per heavy atom. The Morgan fingerprint density at radius 1 is 1.04 bits per heavy atom. The Morgan fingerprint density at radius 2 is 1.76 bits per heavy atom. The summed E-state index contributed by atoms with van der Waals surface area (Å²) >= 11 is 0. The van der Waals surface area contributed by atoms with Crippen molar-refractivity contribution in [2.75, 3.05) is 13.7 Å². The van der Waals surface area contributed by atoms with Gasteiger partial charge in [-0.1, -0.05) is 19.9 Å². The lowest BCUT2D eigenvalue weighted by atomic mass is 9.97. The third-order valence-corrected chi connectivity index (χ3v) is 4.47. The normalized spacial score (nSPS) is 11.4. The van der Waals surface area contributed by atoms with Gasteiger partial charge in [0, 0.05) is 25.5 Å². The zero-order chi connectivity index (χ0) is 18.1. The number of nitrogens with one attached hydrogen (secondary N) is 1. The molecule has 2 aromatic rings. The van der Waals surface area contributed by atoms with Crippen molar-refractivity contribution in [1.82, 2.24) is 10.3 Å². The third-order valence-electron chi connectivity index (χ3n) is 4.47. The number of hydrogen-bond acceptors (Lipinski definition) is 5. The summed E-state index contributed by atoms with van der Waals surface area (Å²) in [5, 5.41) is 13.6.